The van der Waals surface area contributed by atoms with Crippen LogP contribution in [0.1, 0.15) is 20.8 Å². The van der Waals surface area contributed by atoms with Gasteiger partial charge in [0.05, 0.1) is 5.03 Å². The topological polar surface area (TPSA) is 26.0 Å². The molecular weight excluding hydrogens is 142 g/mol. The fourth-order valence-electron chi connectivity index (χ4n) is 0.661. The maximum atomic E-state index is 5.43. The van der Waals surface area contributed by atoms with Crippen molar-refractivity contribution in [3.8, 4) is 0 Å². The Morgan fingerprint density at radius 3 is 2.20 bits per heavy atom. The summed E-state index contributed by atoms with van der Waals surface area (Å²) >= 11 is 1.55. The molecule has 0 fully saturated rings. The third-order valence-electron chi connectivity index (χ3n) is 1.10. The van der Waals surface area contributed by atoms with Crippen LogP contribution in [0.5, 0.6) is 0 Å². The summed E-state index contributed by atoms with van der Waals surface area (Å²) in [5.74, 6) is 0.551. The first-order valence-corrected chi connectivity index (χ1v) is 4.18. The van der Waals surface area contributed by atoms with E-state index in [-0.39, 0.29) is 0 Å². The van der Waals surface area contributed by atoms with Crippen LogP contribution < -0.4 is 5.73 Å². The van der Waals surface area contributed by atoms with E-state index < -0.39 is 0 Å². The van der Waals surface area contributed by atoms with Gasteiger partial charge >= 0.3 is 0 Å². The molecule has 0 aromatic heterocycles. The highest BCUT2D eigenvalue weighted by Crippen LogP contribution is 2.26. The van der Waals surface area contributed by atoms with Crippen LogP contribution in [-0.4, -0.2) is 0 Å². The van der Waals surface area contributed by atoms with Crippen LogP contribution in [0.4, 0.5) is 0 Å². The second-order valence-electron chi connectivity index (χ2n) is 2.41. The van der Waals surface area contributed by atoms with Gasteiger partial charge in [0, 0.05) is 0 Å². The largest absolute Gasteiger partial charge is 0.394 e. The van der Waals surface area contributed by atoms with Gasteiger partial charge in [-0.15, -0.1) is 0 Å². The van der Waals surface area contributed by atoms with Crippen LogP contribution >= 0.6 is 11.8 Å². The monoisotopic (exact) mass is 157 g/mol. The SMILES string of the molecule is C=C(N)S/C(=C/C)C(C)C. The minimum Gasteiger partial charge on any atom is -0.394 e. The van der Waals surface area contributed by atoms with Crippen molar-refractivity contribution < 1.29 is 0 Å². The minimum absolute atomic E-state index is 0.551. The predicted octanol–water partition coefficient (Wildman–Crippen LogP) is 2.71. The van der Waals surface area contributed by atoms with Crippen molar-refractivity contribution in [1.82, 2.24) is 0 Å². The highest BCUT2D eigenvalue weighted by atomic mass is 32.2. The van der Waals surface area contributed by atoms with Crippen LogP contribution in [0.15, 0.2) is 22.6 Å². The molecule has 1 nitrogen and oxygen atoms in total. The molecule has 0 atom stereocenters. The Balaban J connectivity index is 3.99. The summed E-state index contributed by atoms with van der Waals surface area (Å²) < 4.78 is 0. The van der Waals surface area contributed by atoms with E-state index in [1.165, 1.54) is 4.91 Å². The van der Waals surface area contributed by atoms with Gasteiger partial charge in [-0.2, -0.15) is 0 Å². The molecule has 10 heavy (non-hydrogen) atoms. The summed E-state index contributed by atoms with van der Waals surface area (Å²) in [7, 11) is 0. The molecular formula is C8H15NS. The normalized spacial score (nSPS) is 12.2. The smallest absolute Gasteiger partial charge is 0.0627 e. The van der Waals surface area contributed by atoms with Gasteiger partial charge in [-0.3, -0.25) is 0 Å². The van der Waals surface area contributed by atoms with Gasteiger partial charge in [0.2, 0.25) is 0 Å². The molecule has 0 saturated heterocycles. The maximum absolute atomic E-state index is 5.43. The average molecular weight is 157 g/mol. The fourth-order valence-corrected chi connectivity index (χ4v) is 1.32. The maximum Gasteiger partial charge on any atom is 0.0627 e. The van der Waals surface area contributed by atoms with Crippen molar-refractivity contribution in [2.75, 3.05) is 0 Å². The number of hydrogen-bond acceptors (Lipinski definition) is 2. The van der Waals surface area contributed by atoms with Crippen LogP contribution in [0.2, 0.25) is 0 Å². The van der Waals surface area contributed by atoms with Crippen molar-refractivity contribution in [2.45, 2.75) is 20.8 Å². The first kappa shape index (κ1) is 9.63. The summed E-state index contributed by atoms with van der Waals surface area (Å²) in [6, 6.07) is 0. The second-order valence-corrected chi connectivity index (χ2v) is 3.61. The van der Waals surface area contributed by atoms with E-state index in [0.717, 1.165) is 0 Å². The van der Waals surface area contributed by atoms with Gasteiger partial charge in [0.25, 0.3) is 0 Å². The van der Waals surface area contributed by atoms with E-state index in [1.807, 2.05) is 6.92 Å². The summed E-state index contributed by atoms with van der Waals surface area (Å²) in [5, 5.41) is 0.668. The molecule has 0 aliphatic rings. The molecule has 0 bridgehead atoms. The van der Waals surface area contributed by atoms with E-state index in [1.54, 1.807) is 11.8 Å². The van der Waals surface area contributed by atoms with E-state index >= 15 is 0 Å². The van der Waals surface area contributed by atoms with Gasteiger partial charge in [-0.05, 0) is 17.7 Å². The molecule has 0 amide bonds. The standard InChI is InChI=1S/C8H15NS/c1-5-8(6(2)3)10-7(4)9/h5-6H,4,9H2,1-3H3/b8-5+. The van der Waals surface area contributed by atoms with E-state index in [9.17, 15) is 0 Å². The molecule has 0 radical (unpaired) electrons. The van der Waals surface area contributed by atoms with Crippen LogP contribution in [0.25, 0.3) is 0 Å². The van der Waals surface area contributed by atoms with E-state index in [0.29, 0.717) is 10.9 Å². The lowest BCUT2D eigenvalue weighted by Gasteiger charge is -2.08. The molecule has 0 saturated carbocycles. The molecule has 0 aliphatic heterocycles. The lowest BCUT2D eigenvalue weighted by Crippen LogP contribution is -1.94. The Morgan fingerprint density at radius 1 is 1.60 bits per heavy atom. The van der Waals surface area contributed by atoms with Crippen LogP contribution in [-0.2, 0) is 0 Å². The van der Waals surface area contributed by atoms with Gasteiger partial charge < -0.3 is 5.73 Å². The van der Waals surface area contributed by atoms with Crippen LogP contribution in [0, 0.1) is 5.92 Å². The van der Waals surface area contributed by atoms with Crippen molar-refractivity contribution in [2.24, 2.45) is 11.7 Å². The Kier molecular flexibility index (Phi) is 4.28. The molecule has 0 spiro atoms. The molecule has 0 unspecified atom stereocenters. The number of nitrogens with two attached hydrogens (primary N) is 1. The fraction of sp³-hybridized carbons (Fsp3) is 0.500. The number of allylic oxidation sites excluding steroid dienone is 2. The molecule has 0 rings (SSSR count). The lowest BCUT2D eigenvalue weighted by atomic mass is 10.2. The Labute approximate surface area is 67.4 Å². The molecule has 58 valence electrons. The first-order chi connectivity index (χ1) is 4.57. The van der Waals surface area contributed by atoms with Crippen molar-refractivity contribution in [3.05, 3.63) is 22.6 Å². The zero-order valence-electron chi connectivity index (χ0n) is 6.85. The molecule has 2 heteroatoms. The summed E-state index contributed by atoms with van der Waals surface area (Å²) in [4.78, 5) is 1.28. The highest BCUT2D eigenvalue weighted by molar-refractivity contribution is 8.06. The van der Waals surface area contributed by atoms with E-state index in [4.69, 9.17) is 5.73 Å². The van der Waals surface area contributed by atoms with Gasteiger partial charge in [-0.25, -0.2) is 0 Å². The van der Waals surface area contributed by atoms with Gasteiger partial charge in [0.1, 0.15) is 0 Å². The third kappa shape index (κ3) is 3.62. The predicted molar refractivity (Wildman–Crippen MR) is 49.5 cm³/mol. The Morgan fingerprint density at radius 2 is 2.10 bits per heavy atom. The number of hydrogen-bond donors (Lipinski definition) is 1. The zero-order valence-corrected chi connectivity index (χ0v) is 7.66. The second kappa shape index (κ2) is 4.45. The highest BCUT2D eigenvalue weighted by Gasteiger charge is 2.01. The molecule has 0 aromatic carbocycles. The summed E-state index contributed by atoms with van der Waals surface area (Å²) in [5.41, 5.74) is 5.43. The summed E-state index contributed by atoms with van der Waals surface area (Å²) in [6.07, 6.45) is 2.08. The van der Waals surface area contributed by atoms with Gasteiger partial charge in [0.15, 0.2) is 0 Å². The third-order valence-corrected chi connectivity index (χ3v) is 2.31. The first-order valence-electron chi connectivity index (χ1n) is 3.36. The minimum atomic E-state index is 0.551. The molecule has 0 aromatic rings. The summed E-state index contributed by atoms with van der Waals surface area (Å²) in [6.45, 7) is 9.93. The van der Waals surface area contributed by atoms with Crippen molar-refractivity contribution in [3.63, 3.8) is 0 Å². The average Bonchev–Trinajstić information content (AvgIpc) is 1.81. The Hall–Kier alpha value is -0.370. The quantitative estimate of drug-likeness (QED) is 0.681. The van der Waals surface area contributed by atoms with Gasteiger partial charge in [-0.1, -0.05) is 38.3 Å². The molecule has 2 N–H and O–H groups in total. The van der Waals surface area contributed by atoms with Crippen molar-refractivity contribution >= 4 is 11.8 Å². The lowest BCUT2D eigenvalue weighted by molar-refractivity contribution is 0.815. The Bertz CT molecular complexity index is 147. The van der Waals surface area contributed by atoms with Crippen LogP contribution in [0.3, 0.4) is 0 Å². The number of rotatable bonds is 3. The van der Waals surface area contributed by atoms with E-state index in [2.05, 4.69) is 26.5 Å². The molecule has 0 heterocycles. The van der Waals surface area contributed by atoms with Crippen molar-refractivity contribution in [1.29, 1.82) is 0 Å². The zero-order chi connectivity index (χ0) is 8.15. The number of thioether (sulfide) groups is 1. The molecule has 0 aliphatic carbocycles.